The van der Waals surface area contributed by atoms with Gasteiger partial charge in [0.2, 0.25) is 0 Å². The molecule has 0 radical (unpaired) electrons. The lowest BCUT2D eigenvalue weighted by Crippen LogP contribution is -1.97. The quantitative estimate of drug-likeness (QED) is 0.883. The van der Waals surface area contributed by atoms with Crippen molar-refractivity contribution in [1.82, 2.24) is 4.98 Å². The Kier molecular flexibility index (Phi) is 3.36. The minimum absolute atomic E-state index is 0.531. The van der Waals surface area contributed by atoms with E-state index in [0.717, 1.165) is 17.1 Å². The molecule has 0 aliphatic rings. The third kappa shape index (κ3) is 2.49. The summed E-state index contributed by atoms with van der Waals surface area (Å²) in [6.45, 7) is 4.81. The number of hydrogen-bond acceptors (Lipinski definition) is 3. The number of hydrogen-bond donors (Lipinski definition) is 1. The van der Waals surface area contributed by atoms with Crippen LogP contribution in [-0.2, 0) is 13.0 Å². The lowest BCUT2D eigenvalue weighted by atomic mass is 10.0. The van der Waals surface area contributed by atoms with Crippen LogP contribution in [0.5, 0.6) is 0 Å². The standard InChI is InChI=1S/C13H16N2S/c1-9-3-4-11(5-10(9)2)6-13-15-12(7-14)8-16-13/h3-5,8H,6-7,14H2,1-2H3. The van der Waals surface area contributed by atoms with Gasteiger partial charge in [0.25, 0.3) is 0 Å². The summed E-state index contributed by atoms with van der Waals surface area (Å²) in [5, 5.41) is 3.18. The highest BCUT2D eigenvalue weighted by molar-refractivity contribution is 7.09. The maximum Gasteiger partial charge on any atom is 0.0972 e. The van der Waals surface area contributed by atoms with Crippen molar-refractivity contribution in [2.75, 3.05) is 0 Å². The highest BCUT2D eigenvalue weighted by Gasteiger charge is 2.03. The van der Waals surface area contributed by atoms with Crippen LogP contribution in [0.15, 0.2) is 23.6 Å². The van der Waals surface area contributed by atoms with Crippen molar-refractivity contribution in [3.8, 4) is 0 Å². The van der Waals surface area contributed by atoms with Crippen LogP contribution in [0.25, 0.3) is 0 Å². The summed E-state index contributed by atoms with van der Waals surface area (Å²) in [6.07, 6.45) is 0.909. The summed E-state index contributed by atoms with van der Waals surface area (Å²) in [5.41, 5.74) is 10.5. The Morgan fingerprint density at radius 2 is 2.06 bits per heavy atom. The van der Waals surface area contributed by atoms with Gasteiger partial charge in [0.1, 0.15) is 0 Å². The molecule has 0 atom stereocenters. The topological polar surface area (TPSA) is 38.9 Å². The molecule has 0 spiro atoms. The Balaban J connectivity index is 2.17. The van der Waals surface area contributed by atoms with Crippen LogP contribution < -0.4 is 5.73 Å². The fourth-order valence-corrected chi connectivity index (χ4v) is 2.45. The van der Waals surface area contributed by atoms with Crippen LogP contribution in [-0.4, -0.2) is 4.98 Å². The second kappa shape index (κ2) is 4.76. The molecule has 84 valence electrons. The number of rotatable bonds is 3. The average molecular weight is 232 g/mol. The smallest absolute Gasteiger partial charge is 0.0972 e. The van der Waals surface area contributed by atoms with Crippen molar-refractivity contribution in [2.24, 2.45) is 5.73 Å². The number of nitrogens with zero attached hydrogens (tertiary/aromatic N) is 1. The van der Waals surface area contributed by atoms with Crippen LogP contribution in [0.4, 0.5) is 0 Å². The zero-order chi connectivity index (χ0) is 11.5. The first-order valence-corrected chi connectivity index (χ1v) is 6.26. The van der Waals surface area contributed by atoms with Crippen LogP contribution in [0.1, 0.15) is 27.4 Å². The van der Waals surface area contributed by atoms with Gasteiger partial charge in [-0.05, 0) is 30.5 Å². The van der Waals surface area contributed by atoms with E-state index in [1.54, 1.807) is 11.3 Å². The Hall–Kier alpha value is -1.19. The minimum Gasteiger partial charge on any atom is -0.325 e. The molecule has 0 fully saturated rings. The van der Waals surface area contributed by atoms with Crippen molar-refractivity contribution >= 4 is 11.3 Å². The molecule has 0 bridgehead atoms. The first-order chi connectivity index (χ1) is 7.69. The van der Waals surface area contributed by atoms with Crippen molar-refractivity contribution in [3.63, 3.8) is 0 Å². The molecule has 2 aromatic rings. The molecule has 0 aliphatic carbocycles. The molecule has 0 saturated carbocycles. The maximum absolute atomic E-state index is 5.54. The van der Waals surface area contributed by atoms with Gasteiger partial charge in [-0.25, -0.2) is 4.98 Å². The van der Waals surface area contributed by atoms with Gasteiger partial charge >= 0.3 is 0 Å². The normalized spacial score (nSPS) is 10.7. The predicted octanol–water partition coefficient (Wildman–Crippen LogP) is 2.81. The largest absolute Gasteiger partial charge is 0.325 e. The van der Waals surface area contributed by atoms with Crippen LogP contribution in [0, 0.1) is 13.8 Å². The molecule has 1 heterocycles. The zero-order valence-corrected chi connectivity index (χ0v) is 10.5. The molecule has 2 rings (SSSR count). The molecule has 2 nitrogen and oxygen atoms in total. The highest BCUT2D eigenvalue weighted by atomic mass is 32.1. The third-order valence-electron chi connectivity index (χ3n) is 2.74. The molecule has 1 aromatic carbocycles. The van der Waals surface area contributed by atoms with Crippen molar-refractivity contribution in [2.45, 2.75) is 26.8 Å². The van der Waals surface area contributed by atoms with E-state index >= 15 is 0 Å². The second-order valence-electron chi connectivity index (χ2n) is 4.03. The second-order valence-corrected chi connectivity index (χ2v) is 4.97. The molecule has 1 aromatic heterocycles. The van der Waals surface area contributed by atoms with E-state index in [4.69, 9.17) is 5.73 Å². The maximum atomic E-state index is 5.54. The zero-order valence-electron chi connectivity index (χ0n) is 9.66. The number of aryl methyl sites for hydroxylation is 2. The molecule has 0 saturated heterocycles. The van der Waals surface area contributed by atoms with Crippen molar-refractivity contribution < 1.29 is 0 Å². The predicted molar refractivity (Wildman–Crippen MR) is 68.7 cm³/mol. The van der Waals surface area contributed by atoms with Gasteiger partial charge in [-0.15, -0.1) is 11.3 Å². The SMILES string of the molecule is Cc1ccc(Cc2nc(CN)cs2)cc1C. The van der Waals surface area contributed by atoms with Gasteiger partial charge in [-0.1, -0.05) is 18.2 Å². The summed E-state index contributed by atoms with van der Waals surface area (Å²) in [6, 6.07) is 6.58. The first-order valence-electron chi connectivity index (χ1n) is 5.38. The van der Waals surface area contributed by atoms with E-state index < -0.39 is 0 Å². The van der Waals surface area contributed by atoms with E-state index in [1.807, 2.05) is 5.38 Å². The van der Waals surface area contributed by atoms with Gasteiger partial charge in [-0.3, -0.25) is 0 Å². The molecular weight excluding hydrogens is 216 g/mol. The Morgan fingerprint density at radius 1 is 1.25 bits per heavy atom. The summed E-state index contributed by atoms with van der Waals surface area (Å²) < 4.78 is 0. The number of aromatic nitrogens is 1. The fraction of sp³-hybridized carbons (Fsp3) is 0.308. The average Bonchev–Trinajstić information content (AvgIpc) is 2.71. The van der Waals surface area contributed by atoms with Crippen LogP contribution in [0.2, 0.25) is 0 Å². The Labute approximate surface area is 100 Å². The van der Waals surface area contributed by atoms with Gasteiger partial charge in [-0.2, -0.15) is 0 Å². The molecule has 16 heavy (non-hydrogen) atoms. The van der Waals surface area contributed by atoms with E-state index in [9.17, 15) is 0 Å². The van der Waals surface area contributed by atoms with Gasteiger partial charge < -0.3 is 5.73 Å². The fourth-order valence-electron chi connectivity index (χ4n) is 1.61. The van der Waals surface area contributed by atoms with Crippen LogP contribution in [0.3, 0.4) is 0 Å². The molecule has 2 N–H and O–H groups in total. The number of nitrogens with two attached hydrogens (primary N) is 1. The first kappa shape index (κ1) is 11.3. The summed E-state index contributed by atoms with van der Waals surface area (Å²) in [4.78, 5) is 4.47. The Bertz CT molecular complexity index is 488. The van der Waals surface area contributed by atoms with E-state index in [-0.39, 0.29) is 0 Å². The highest BCUT2D eigenvalue weighted by Crippen LogP contribution is 2.17. The van der Waals surface area contributed by atoms with Gasteiger partial charge in [0.05, 0.1) is 10.7 Å². The van der Waals surface area contributed by atoms with Crippen molar-refractivity contribution in [3.05, 3.63) is 51.0 Å². The number of thiazole rings is 1. The van der Waals surface area contributed by atoms with Gasteiger partial charge in [0.15, 0.2) is 0 Å². The van der Waals surface area contributed by atoms with Crippen LogP contribution >= 0.6 is 11.3 Å². The molecule has 0 unspecified atom stereocenters. The monoisotopic (exact) mass is 232 g/mol. The lowest BCUT2D eigenvalue weighted by Gasteiger charge is -2.03. The van der Waals surface area contributed by atoms with Crippen molar-refractivity contribution in [1.29, 1.82) is 0 Å². The molecule has 0 amide bonds. The minimum atomic E-state index is 0.531. The summed E-state index contributed by atoms with van der Waals surface area (Å²) in [7, 11) is 0. The summed E-state index contributed by atoms with van der Waals surface area (Å²) in [5.74, 6) is 0. The Morgan fingerprint density at radius 3 is 2.69 bits per heavy atom. The third-order valence-corrected chi connectivity index (χ3v) is 3.63. The number of benzene rings is 1. The molecule has 3 heteroatoms. The molecule has 0 aliphatic heterocycles. The van der Waals surface area contributed by atoms with E-state index in [2.05, 4.69) is 37.0 Å². The molecular formula is C13H16N2S. The lowest BCUT2D eigenvalue weighted by molar-refractivity contribution is 0.982. The van der Waals surface area contributed by atoms with E-state index in [1.165, 1.54) is 16.7 Å². The van der Waals surface area contributed by atoms with E-state index in [0.29, 0.717) is 6.54 Å². The summed E-state index contributed by atoms with van der Waals surface area (Å²) >= 11 is 1.69. The van der Waals surface area contributed by atoms with Gasteiger partial charge in [0, 0.05) is 18.3 Å².